The summed E-state index contributed by atoms with van der Waals surface area (Å²) in [6, 6.07) is 14.9. The van der Waals surface area contributed by atoms with Gasteiger partial charge in [-0.15, -0.1) is 0 Å². The predicted molar refractivity (Wildman–Crippen MR) is 145 cm³/mol. The minimum atomic E-state index is 0.763. The molecular weight excluding hydrogens is 432 g/mol. The fraction of sp³-hybridized carbons (Fsp3) is 0.567. The molecule has 1 aliphatic heterocycles. The van der Waals surface area contributed by atoms with Gasteiger partial charge in [0, 0.05) is 25.2 Å². The minimum Gasteiger partial charge on any atom is -0.492 e. The Balaban J connectivity index is 1.07. The molecule has 2 fully saturated rings. The van der Waals surface area contributed by atoms with E-state index in [2.05, 4.69) is 64.6 Å². The normalized spacial score (nSPS) is 18.2. The maximum absolute atomic E-state index is 5.99. The summed E-state index contributed by atoms with van der Waals surface area (Å²) in [7, 11) is 0. The molecule has 5 rings (SSSR count). The number of benzene rings is 2. The van der Waals surface area contributed by atoms with Crippen molar-refractivity contribution >= 4 is 16.7 Å². The van der Waals surface area contributed by atoms with Crippen molar-refractivity contribution in [3.8, 4) is 5.75 Å². The maximum atomic E-state index is 5.99. The number of aromatic amines is 1. The molecule has 0 spiro atoms. The zero-order valence-electron chi connectivity index (χ0n) is 21.4. The number of nitrogens with one attached hydrogen (secondary N) is 2. The number of anilines is 1. The molecule has 2 aromatic carbocycles. The van der Waals surface area contributed by atoms with Gasteiger partial charge in [-0.3, -0.25) is 4.90 Å². The van der Waals surface area contributed by atoms with Crippen molar-refractivity contribution in [1.29, 1.82) is 0 Å². The number of hydrogen-bond acceptors (Lipinski definition) is 4. The summed E-state index contributed by atoms with van der Waals surface area (Å²) in [5.41, 5.74) is 4.56. The summed E-state index contributed by atoms with van der Waals surface area (Å²) >= 11 is 0. The first kappa shape index (κ1) is 24.2. The third kappa shape index (κ3) is 7.00. The predicted octanol–water partition coefficient (Wildman–Crippen LogP) is 6.80. The van der Waals surface area contributed by atoms with Crippen molar-refractivity contribution in [1.82, 2.24) is 14.9 Å². The standard InChI is InChI=1S/C30H42N4O/c1-23-15-17-34(18-16-23)19-20-35-27-11-7-25(8-12-27)22-31-26-10-13-28-29(21-26)33-30(32-28)14-9-24-5-3-2-4-6-24/h7-8,10-13,21,23-24,31H,2-6,9,14-20,22H2,1H3,(H,32,33). The molecule has 1 aromatic heterocycles. The first-order valence-corrected chi connectivity index (χ1v) is 13.9. The summed E-state index contributed by atoms with van der Waals surface area (Å²) < 4.78 is 5.99. The Morgan fingerprint density at radius 1 is 1.00 bits per heavy atom. The van der Waals surface area contributed by atoms with Gasteiger partial charge in [0.15, 0.2) is 0 Å². The van der Waals surface area contributed by atoms with Crippen LogP contribution in [0.25, 0.3) is 11.0 Å². The molecule has 5 nitrogen and oxygen atoms in total. The average Bonchev–Trinajstić information content (AvgIpc) is 3.31. The van der Waals surface area contributed by atoms with Crippen LogP contribution in [-0.4, -0.2) is 41.1 Å². The van der Waals surface area contributed by atoms with E-state index in [4.69, 9.17) is 9.72 Å². The van der Waals surface area contributed by atoms with Gasteiger partial charge in [-0.1, -0.05) is 51.2 Å². The van der Waals surface area contributed by atoms with E-state index in [1.54, 1.807) is 0 Å². The smallest absolute Gasteiger partial charge is 0.119 e. The van der Waals surface area contributed by atoms with Crippen LogP contribution in [0.15, 0.2) is 42.5 Å². The molecule has 0 atom stereocenters. The Morgan fingerprint density at radius 3 is 2.60 bits per heavy atom. The number of likely N-dealkylation sites (tertiary alicyclic amines) is 1. The highest BCUT2D eigenvalue weighted by Gasteiger charge is 2.16. The first-order valence-electron chi connectivity index (χ1n) is 13.9. The Hall–Kier alpha value is -2.53. The summed E-state index contributed by atoms with van der Waals surface area (Å²) in [6.07, 6.45) is 12.0. The van der Waals surface area contributed by atoms with Gasteiger partial charge < -0.3 is 15.0 Å². The van der Waals surface area contributed by atoms with Crippen molar-refractivity contribution in [3.63, 3.8) is 0 Å². The molecule has 1 saturated carbocycles. The van der Waals surface area contributed by atoms with Crippen LogP contribution in [0.5, 0.6) is 5.75 Å². The number of rotatable bonds is 10. The number of aromatic nitrogens is 2. The second-order valence-electron chi connectivity index (χ2n) is 10.8. The number of piperidine rings is 1. The summed E-state index contributed by atoms with van der Waals surface area (Å²) in [5.74, 6) is 3.86. The topological polar surface area (TPSA) is 53.2 Å². The molecule has 188 valence electrons. The van der Waals surface area contributed by atoms with Crippen LogP contribution in [0.1, 0.15) is 69.7 Å². The Kier molecular flexibility index (Phi) is 8.25. The second kappa shape index (κ2) is 11.9. The molecule has 2 N–H and O–H groups in total. The number of H-pyrrole nitrogens is 1. The Bertz CT molecular complexity index is 1050. The van der Waals surface area contributed by atoms with E-state index in [-0.39, 0.29) is 0 Å². The lowest BCUT2D eigenvalue weighted by molar-refractivity contribution is 0.160. The minimum absolute atomic E-state index is 0.763. The lowest BCUT2D eigenvalue weighted by Gasteiger charge is -2.29. The highest BCUT2D eigenvalue weighted by molar-refractivity contribution is 5.79. The molecule has 35 heavy (non-hydrogen) atoms. The zero-order chi connectivity index (χ0) is 23.9. The van der Waals surface area contributed by atoms with Crippen LogP contribution < -0.4 is 10.1 Å². The summed E-state index contributed by atoms with van der Waals surface area (Å²) in [5, 5.41) is 3.56. The third-order valence-corrected chi connectivity index (χ3v) is 8.02. The highest BCUT2D eigenvalue weighted by Crippen LogP contribution is 2.28. The molecule has 1 aliphatic carbocycles. The van der Waals surface area contributed by atoms with Gasteiger partial charge in [-0.2, -0.15) is 0 Å². The Labute approximate surface area is 210 Å². The number of imidazole rings is 1. The molecule has 1 saturated heterocycles. The number of ether oxygens (including phenoxy) is 1. The molecule has 2 heterocycles. The van der Waals surface area contributed by atoms with E-state index in [0.717, 1.165) is 66.2 Å². The molecule has 0 radical (unpaired) electrons. The molecular formula is C30H42N4O. The van der Waals surface area contributed by atoms with Crippen molar-refractivity contribution < 1.29 is 4.74 Å². The second-order valence-corrected chi connectivity index (χ2v) is 10.8. The van der Waals surface area contributed by atoms with Gasteiger partial charge >= 0.3 is 0 Å². The molecule has 0 amide bonds. The first-order chi connectivity index (χ1) is 17.2. The molecule has 5 heteroatoms. The van der Waals surface area contributed by atoms with Crippen LogP contribution in [0, 0.1) is 11.8 Å². The number of fused-ring (bicyclic) bond motifs is 1. The van der Waals surface area contributed by atoms with Crippen molar-refractivity contribution in [3.05, 3.63) is 53.9 Å². The summed E-state index contributed by atoms with van der Waals surface area (Å²) in [6.45, 7) is 7.35. The van der Waals surface area contributed by atoms with Crippen LogP contribution >= 0.6 is 0 Å². The lowest BCUT2D eigenvalue weighted by atomic mass is 9.86. The van der Waals surface area contributed by atoms with Crippen LogP contribution in [-0.2, 0) is 13.0 Å². The van der Waals surface area contributed by atoms with Crippen LogP contribution in [0.2, 0.25) is 0 Å². The van der Waals surface area contributed by atoms with Gasteiger partial charge in [-0.25, -0.2) is 4.98 Å². The lowest BCUT2D eigenvalue weighted by Crippen LogP contribution is -2.35. The molecule has 3 aromatic rings. The fourth-order valence-corrected chi connectivity index (χ4v) is 5.59. The van der Waals surface area contributed by atoms with Crippen molar-refractivity contribution in [2.75, 3.05) is 31.6 Å². The average molecular weight is 475 g/mol. The summed E-state index contributed by atoms with van der Waals surface area (Å²) in [4.78, 5) is 10.9. The SMILES string of the molecule is CC1CCN(CCOc2ccc(CNc3ccc4nc(CCC5CCCCC5)[nH]c4c3)cc2)CC1. The van der Waals surface area contributed by atoms with E-state index < -0.39 is 0 Å². The van der Waals surface area contributed by atoms with E-state index in [9.17, 15) is 0 Å². The van der Waals surface area contributed by atoms with Gasteiger partial charge in [0.1, 0.15) is 18.2 Å². The third-order valence-electron chi connectivity index (χ3n) is 8.02. The van der Waals surface area contributed by atoms with Gasteiger partial charge in [0.25, 0.3) is 0 Å². The van der Waals surface area contributed by atoms with Crippen LogP contribution in [0.3, 0.4) is 0 Å². The molecule has 0 bridgehead atoms. The van der Waals surface area contributed by atoms with E-state index in [1.807, 2.05) is 0 Å². The van der Waals surface area contributed by atoms with Crippen molar-refractivity contribution in [2.24, 2.45) is 11.8 Å². The largest absolute Gasteiger partial charge is 0.492 e. The molecule has 0 unspecified atom stereocenters. The zero-order valence-corrected chi connectivity index (χ0v) is 21.4. The Morgan fingerprint density at radius 2 is 1.80 bits per heavy atom. The number of aryl methyl sites for hydroxylation is 1. The monoisotopic (exact) mass is 474 g/mol. The van der Waals surface area contributed by atoms with E-state index >= 15 is 0 Å². The van der Waals surface area contributed by atoms with Crippen molar-refractivity contribution in [2.45, 2.75) is 71.3 Å². The van der Waals surface area contributed by atoms with Gasteiger partial charge in [0.05, 0.1) is 11.0 Å². The van der Waals surface area contributed by atoms with Gasteiger partial charge in [0.2, 0.25) is 0 Å². The number of nitrogens with zero attached hydrogens (tertiary/aromatic N) is 2. The van der Waals surface area contributed by atoms with E-state index in [1.165, 1.54) is 70.0 Å². The van der Waals surface area contributed by atoms with Crippen LogP contribution in [0.4, 0.5) is 5.69 Å². The number of hydrogen-bond donors (Lipinski definition) is 2. The van der Waals surface area contributed by atoms with E-state index in [0.29, 0.717) is 0 Å². The maximum Gasteiger partial charge on any atom is 0.119 e. The van der Waals surface area contributed by atoms with Gasteiger partial charge in [-0.05, 0) is 80.1 Å². The molecule has 2 aliphatic rings. The fourth-order valence-electron chi connectivity index (χ4n) is 5.59. The highest BCUT2D eigenvalue weighted by atomic mass is 16.5. The quantitative estimate of drug-likeness (QED) is 0.339.